The summed E-state index contributed by atoms with van der Waals surface area (Å²) in [5.74, 6) is 3.23. The molecule has 0 spiro atoms. The molecule has 3 aliphatic rings. The van der Waals surface area contributed by atoms with Crippen LogP contribution in [0.25, 0.3) is 0 Å². The van der Waals surface area contributed by atoms with Gasteiger partial charge in [0.2, 0.25) is 0 Å². The molecule has 1 saturated heterocycles. The molecule has 2 aliphatic carbocycles. The van der Waals surface area contributed by atoms with Crippen molar-refractivity contribution in [3.8, 4) is 0 Å². The van der Waals surface area contributed by atoms with E-state index in [2.05, 4.69) is 56.7 Å². The van der Waals surface area contributed by atoms with Crippen molar-refractivity contribution in [3.63, 3.8) is 0 Å². The Morgan fingerprint density at radius 3 is 2.48 bits per heavy atom. The van der Waals surface area contributed by atoms with Gasteiger partial charge in [0.05, 0.1) is 0 Å². The topological polar surface area (TPSA) is 19.4 Å². The molecule has 2 bridgehead atoms. The molecule has 0 unspecified atom stereocenters. The largest absolute Gasteiger partial charge is 0.354 e. The van der Waals surface area contributed by atoms with Gasteiger partial charge in [0.1, 0.15) is 5.82 Å². The summed E-state index contributed by atoms with van der Waals surface area (Å²) in [6, 6.07) is 3.85. The molecule has 1 aromatic heterocycles. The van der Waals surface area contributed by atoms with Gasteiger partial charge >= 0.3 is 0 Å². The number of rotatable bonds is 2. The van der Waals surface area contributed by atoms with Crippen LogP contribution in [0.3, 0.4) is 0 Å². The summed E-state index contributed by atoms with van der Waals surface area (Å²) in [5, 5.41) is 0. The van der Waals surface area contributed by atoms with E-state index in [1.54, 1.807) is 0 Å². The summed E-state index contributed by atoms with van der Waals surface area (Å²) in [5.41, 5.74) is 2.83. The van der Waals surface area contributed by atoms with Crippen molar-refractivity contribution in [1.29, 1.82) is 0 Å². The van der Waals surface area contributed by atoms with Crippen LogP contribution < -0.4 is 4.90 Å². The predicted octanol–water partition coefficient (Wildman–Crippen LogP) is 4.39. The van der Waals surface area contributed by atoms with E-state index in [-0.39, 0.29) is 5.41 Å². The lowest BCUT2D eigenvalue weighted by Gasteiger charge is -2.46. The molecule has 138 valence electrons. The van der Waals surface area contributed by atoms with Crippen LogP contribution in [0.5, 0.6) is 0 Å². The smallest absolute Gasteiger partial charge is 0.131 e. The van der Waals surface area contributed by atoms with Crippen LogP contribution in [0.1, 0.15) is 64.5 Å². The van der Waals surface area contributed by atoms with Gasteiger partial charge in [-0.2, -0.15) is 0 Å². The first kappa shape index (κ1) is 17.3. The summed E-state index contributed by atoms with van der Waals surface area (Å²) >= 11 is 0. The van der Waals surface area contributed by atoms with Gasteiger partial charge in [-0.05, 0) is 61.5 Å². The highest BCUT2D eigenvalue weighted by Crippen LogP contribution is 2.47. The Morgan fingerprint density at radius 2 is 1.92 bits per heavy atom. The number of pyridine rings is 1. The minimum atomic E-state index is 0.171. The zero-order valence-corrected chi connectivity index (χ0v) is 16.8. The van der Waals surface area contributed by atoms with E-state index >= 15 is 0 Å². The minimum Gasteiger partial charge on any atom is -0.354 e. The lowest BCUT2D eigenvalue weighted by Crippen LogP contribution is -2.56. The summed E-state index contributed by atoms with van der Waals surface area (Å²) in [6.07, 6.45) is 8.05. The van der Waals surface area contributed by atoms with Crippen molar-refractivity contribution in [2.45, 2.75) is 77.8 Å². The van der Waals surface area contributed by atoms with E-state index in [0.29, 0.717) is 6.04 Å². The zero-order valence-electron chi connectivity index (χ0n) is 16.8. The number of piperazine rings is 1. The summed E-state index contributed by atoms with van der Waals surface area (Å²) in [7, 11) is 0. The number of aromatic nitrogens is 1. The van der Waals surface area contributed by atoms with E-state index in [9.17, 15) is 0 Å². The number of fused-ring (bicyclic) bond motifs is 2. The van der Waals surface area contributed by atoms with Crippen molar-refractivity contribution in [1.82, 2.24) is 9.88 Å². The molecular formula is C22H35N3. The molecule has 25 heavy (non-hydrogen) atoms. The third-order valence-corrected chi connectivity index (χ3v) is 7.02. The molecular weight excluding hydrogens is 306 g/mol. The van der Waals surface area contributed by atoms with Gasteiger partial charge in [0.15, 0.2) is 0 Å². The van der Waals surface area contributed by atoms with Crippen LogP contribution >= 0.6 is 0 Å². The first-order valence-electron chi connectivity index (χ1n) is 10.3. The fourth-order valence-electron chi connectivity index (χ4n) is 5.58. The first-order valence-corrected chi connectivity index (χ1v) is 10.3. The lowest BCUT2D eigenvalue weighted by molar-refractivity contribution is 0.0899. The lowest BCUT2D eigenvalue weighted by atomic mass is 9.87. The molecule has 2 heterocycles. The normalized spacial score (nSPS) is 33.2. The standard InChI is InChI=1S/C22H35N3/c1-15-10-19(22(3,4)5)13-23-21(15)24-8-9-25(16(2)14-24)20-12-17-6-7-18(20)11-17/h10,13,16-18,20H,6-9,11-12,14H2,1-5H3/t16-,17+,18-,20-/m0/s1. The summed E-state index contributed by atoms with van der Waals surface area (Å²) < 4.78 is 0. The fraction of sp³-hybridized carbons (Fsp3) is 0.773. The van der Waals surface area contributed by atoms with Crippen LogP contribution in [0.2, 0.25) is 0 Å². The second kappa shape index (κ2) is 6.26. The molecule has 3 nitrogen and oxygen atoms in total. The van der Waals surface area contributed by atoms with Gasteiger partial charge in [0.25, 0.3) is 0 Å². The second-order valence-electron chi connectivity index (χ2n) is 9.89. The van der Waals surface area contributed by atoms with Crippen molar-refractivity contribution in [2.24, 2.45) is 11.8 Å². The molecule has 2 saturated carbocycles. The maximum atomic E-state index is 4.87. The Balaban J connectivity index is 1.46. The maximum Gasteiger partial charge on any atom is 0.131 e. The number of aryl methyl sites for hydroxylation is 1. The molecule has 0 aromatic carbocycles. The van der Waals surface area contributed by atoms with Crippen LogP contribution in [-0.2, 0) is 5.41 Å². The highest BCUT2D eigenvalue weighted by molar-refractivity contribution is 5.49. The number of anilines is 1. The van der Waals surface area contributed by atoms with Crippen LogP contribution in [0.15, 0.2) is 12.3 Å². The zero-order chi connectivity index (χ0) is 17.8. The Labute approximate surface area is 153 Å². The van der Waals surface area contributed by atoms with E-state index in [1.165, 1.54) is 49.2 Å². The average molecular weight is 342 g/mol. The summed E-state index contributed by atoms with van der Waals surface area (Å²) in [4.78, 5) is 10.2. The molecule has 4 atom stereocenters. The number of hydrogen-bond donors (Lipinski definition) is 0. The van der Waals surface area contributed by atoms with Crippen molar-refractivity contribution >= 4 is 5.82 Å². The molecule has 0 N–H and O–H groups in total. The molecule has 0 radical (unpaired) electrons. The highest BCUT2D eigenvalue weighted by atomic mass is 15.3. The Morgan fingerprint density at radius 1 is 1.12 bits per heavy atom. The third-order valence-electron chi connectivity index (χ3n) is 7.02. The maximum absolute atomic E-state index is 4.87. The van der Waals surface area contributed by atoms with Crippen molar-refractivity contribution < 1.29 is 0 Å². The Hall–Kier alpha value is -1.09. The quantitative estimate of drug-likeness (QED) is 0.795. The van der Waals surface area contributed by atoms with Gasteiger partial charge in [-0.15, -0.1) is 0 Å². The SMILES string of the molecule is Cc1cc(C(C)(C)C)cnc1N1CCN([C@H]2C[C@@H]3CC[C@H]2C3)[C@@H](C)C1. The van der Waals surface area contributed by atoms with Gasteiger partial charge in [0, 0.05) is 37.9 Å². The average Bonchev–Trinajstić information content (AvgIpc) is 3.17. The monoisotopic (exact) mass is 341 g/mol. The molecule has 3 heteroatoms. The van der Waals surface area contributed by atoms with Crippen LogP contribution in [0.4, 0.5) is 5.82 Å². The van der Waals surface area contributed by atoms with E-state index < -0.39 is 0 Å². The molecule has 4 rings (SSSR count). The molecule has 3 fully saturated rings. The van der Waals surface area contributed by atoms with Gasteiger partial charge < -0.3 is 4.90 Å². The van der Waals surface area contributed by atoms with Crippen molar-refractivity contribution in [2.75, 3.05) is 24.5 Å². The van der Waals surface area contributed by atoms with Crippen LogP contribution in [-0.4, -0.2) is 41.6 Å². The fourth-order valence-corrected chi connectivity index (χ4v) is 5.58. The van der Waals surface area contributed by atoms with Crippen LogP contribution in [0, 0.1) is 18.8 Å². The van der Waals surface area contributed by atoms with Gasteiger partial charge in [-0.1, -0.05) is 33.3 Å². The van der Waals surface area contributed by atoms with E-state index in [1.807, 2.05) is 0 Å². The molecule has 0 amide bonds. The van der Waals surface area contributed by atoms with E-state index in [4.69, 9.17) is 4.98 Å². The number of hydrogen-bond acceptors (Lipinski definition) is 3. The number of nitrogens with zero attached hydrogens (tertiary/aromatic N) is 3. The Bertz CT molecular complexity index is 633. The summed E-state index contributed by atoms with van der Waals surface area (Å²) in [6.45, 7) is 14.9. The van der Waals surface area contributed by atoms with Gasteiger partial charge in [-0.25, -0.2) is 4.98 Å². The molecule has 1 aliphatic heterocycles. The second-order valence-corrected chi connectivity index (χ2v) is 9.89. The van der Waals surface area contributed by atoms with Gasteiger partial charge in [-0.3, -0.25) is 4.90 Å². The Kier molecular flexibility index (Phi) is 4.34. The highest BCUT2D eigenvalue weighted by Gasteiger charge is 2.44. The third kappa shape index (κ3) is 3.20. The van der Waals surface area contributed by atoms with Crippen molar-refractivity contribution in [3.05, 3.63) is 23.4 Å². The van der Waals surface area contributed by atoms with E-state index in [0.717, 1.165) is 31.0 Å². The molecule has 1 aromatic rings. The first-order chi connectivity index (χ1) is 11.8. The predicted molar refractivity (Wildman–Crippen MR) is 105 cm³/mol. The minimum absolute atomic E-state index is 0.171.